The topological polar surface area (TPSA) is 78.5 Å². The molecule has 27 heavy (non-hydrogen) atoms. The Morgan fingerprint density at radius 3 is 2.22 bits per heavy atom. The van der Waals surface area contributed by atoms with Crippen LogP contribution in [0.2, 0.25) is 0 Å². The molecule has 1 heterocycles. The number of hydrogen-bond acceptors (Lipinski definition) is 3. The van der Waals surface area contributed by atoms with Gasteiger partial charge in [0, 0.05) is 35.6 Å². The van der Waals surface area contributed by atoms with Crippen molar-refractivity contribution >= 4 is 33.7 Å². The first-order valence-electron chi connectivity index (χ1n) is 9.68. The number of rotatable bonds is 6. The van der Waals surface area contributed by atoms with E-state index in [0.29, 0.717) is 31.6 Å². The van der Waals surface area contributed by atoms with E-state index in [1.165, 1.54) is 0 Å². The van der Waals surface area contributed by atoms with E-state index in [1.54, 1.807) is 17.0 Å². The normalized spacial score (nSPS) is 19.9. The predicted molar refractivity (Wildman–Crippen MR) is 106 cm³/mol. The van der Waals surface area contributed by atoms with Gasteiger partial charge in [-0.2, -0.15) is 0 Å². The van der Waals surface area contributed by atoms with Crippen LogP contribution in [-0.2, 0) is 9.59 Å². The van der Waals surface area contributed by atoms with Crippen LogP contribution in [0.5, 0.6) is 0 Å². The van der Waals surface area contributed by atoms with Gasteiger partial charge in [-0.05, 0) is 49.9 Å². The quantitative estimate of drug-likeness (QED) is 0.673. The van der Waals surface area contributed by atoms with Crippen molar-refractivity contribution in [2.75, 3.05) is 19.6 Å². The lowest BCUT2D eigenvalue weighted by Gasteiger charge is -2.24. The first-order chi connectivity index (χ1) is 13.1. The minimum Gasteiger partial charge on any atom is -0.354 e. The molecule has 6 nitrogen and oxygen atoms in total. The van der Waals surface area contributed by atoms with Gasteiger partial charge in [-0.3, -0.25) is 14.4 Å². The zero-order chi connectivity index (χ0) is 19.2. The van der Waals surface area contributed by atoms with E-state index in [0.717, 1.165) is 36.6 Å². The van der Waals surface area contributed by atoms with Crippen molar-refractivity contribution in [3.05, 3.63) is 34.3 Å². The highest BCUT2D eigenvalue weighted by Crippen LogP contribution is 2.24. The number of carbonyl (C=O) groups is 3. The minimum absolute atomic E-state index is 0.0923. The highest BCUT2D eigenvalue weighted by molar-refractivity contribution is 9.10. The van der Waals surface area contributed by atoms with Crippen molar-refractivity contribution in [2.24, 2.45) is 5.92 Å². The molecule has 1 aromatic carbocycles. The zero-order valence-electron chi connectivity index (χ0n) is 15.4. The van der Waals surface area contributed by atoms with Crippen molar-refractivity contribution in [3.8, 4) is 0 Å². The summed E-state index contributed by atoms with van der Waals surface area (Å²) in [6.07, 6.45) is 5.67. The maximum atomic E-state index is 12.7. The van der Waals surface area contributed by atoms with Crippen molar-refractivity contribution in [1.29, 1.82) is 0 Å². The van der Waals surface area contributed by atoms with Crippen LogP contribution < -0.4 is 10.6 Å². The van der Waals surface area contributed by atoms with Gasteiger partial charge < -0.3 is 15.5 Å². The van der Waals surface area contributed by atoms with Gasteiger partial charge in [-0.1, -0.05) is 28.8 Å². The summed E-state index contributed by atoms with van der Waals surface area (Å²) in [5, 5.41) is 5.76. The molecule has 1 aliphatic carbocycles. The number of halogens is 1. The van der Waals surface area contributed by atoms with Gasteiger partial charge >= 0.3 is 0 Å². The molecule has 0 radical (unpaired) electrons. The molecule has 1 aromatic rings. The Labute approximate surface area is 168 Å². The molecule has 2 aliphatic rings. The summed E-state index contributed by atoms with van der Waals surface area (Å²) >= 11 is 3.36. The van der Waals surface area contributed by atoms with Crippen molar-refractivity contribution < 1.29 is 14.4 Å². The third-order valence-corrected chi connectivity index (χ3v) is 5.89. The Bertz CT molecular complexity index is 686. The van der Waals surface area contributed by atoms with E-state index >= 15 is 0 Å². The van der Waals surface area contributed by atoms with E-state index in [9.17, 15) is 14.4 Å². The van der Waals surface area contributed by atoms with Crippen LogP contribution in [0.15, 0.2) is 28.7 Å². The first kappa shape index (κ1) is 19.9. The molecule has 1 aliphatic heterocycles. The average Bonchev–Trinajstić information content (AvgIpc) is 3.36. The molecule has 0 bridgehead atoms. The number of amides is 3. The lowest BCUT2D eigenvalue weighted by Crippen LogP contribution is -2.47. The van der Waals surface area contributed by atoms with Crippen LogP contribution in [0.25, 0.3) is 0 Å². The van der Waals surface area contributed by atoms with Crippen LogP contribution in [-0.4, -0.2) is 48.3 Å². The lowest BCUT2D eigenvalue weighted by atomic mass is 10.1. The zero-order valence-corrected chi connectivity index (χ0v) is 17.0. The van der Waals surface area contributed by atoms with E-state index in [-0.39, 0.29) is 23.6 Å². The van der Waals surface area contributed by atoms with Crippen LogP contribution >= 0.6 is 15.9 Å². The monoisotopic (exact) mass is 435 g/mol. The Morgan fingerprint density at radius 2 is 1.56 bits per heavy atom. The summed E-state index contributed by atoms with van der Waals surface area (Å²) in [5.74, 6) is -0.0352. The van der Waals surface area contributed by atoms with Crippen LogP contribution in [0, 0.1) is 5.92 Å². The standard InChI is InChI=1S/C20H26BrN3O3/c21-16-9-7-15(8-10-16)20(27)24-13-3-6-17(24)19(26)23-12-11-22-18(25)14-4-1-2-5-14/h7-10,14,17H,1-6,11-13H2,(H,22,25)(H,23,26). The number of nitrogens with one attached hydrogen (secondary N) is 2. The Kier molecular flexibility index (Phi) is 6.88. The molecule has 146 valence electrons. The molecule has 1 saturated heterocycles. The summed E-state index contributed by atoms with van der Waals surface area (Å²) in [6.45, 7) is 1.40. The van der Waals surface area contributed by atoms with Crippen molar-refractivity contribution in [1.82, 2.24) is 15.5 Å². The number of benzene rings is 1. The number of hydrogen-bond donors (Lipinski definition) is 2. The lowest BCUT2D eigenvalue weighted by molar-refractivity contribution is -0.126. The highest BCUT2D eigenvalue weighted by Gasteiger charge is 2.34. The molecule has 3 rings (SSSR count). The fraction of sp³-hybridized carbons (Fsp3) is 0.550. The second-order valence-corrected chi connectivity index (χ2v) is 8.14. The van der Waals surface area contributed by atoms with Gasteiger partial charge in [0.1, 0.15) is 6.04 Å². The third-order valence-electron chi connectivity index (χ3n) is 5.36. The van der Waals surface area contributed by atoms with Gasteiger partial charge in [0.2, 0.25) is 11.8 Å². The smallest absolute Gasteiger partial charge is 0.254 e. The maximum absolute atomic E-state index is 12.7. The summed E-state index contributed by atoms with van der Waals surface area (Å²) < 4.78 is 0.911. The van der Waals surface area contributed by atoms with E-state index < -0.39 is 6.04 Å². The minimum atomic E-state index is -0.438. The molecular formula is C20H26BrN3O3. The SMILES string of the molecule is O=C(NCCNC(=O)C1CCCN1C(=O)c1ccc(Br)cc1)C1CCCC1. The Morgan fingerprint density at radius 1 is 0.926 bits per heavy atom. The van der Waals surface area contributed by atoms with Gasteiger partial charge in [0.15, 0.2) is 0 Å². The predicted octanol–water partition coefficient (Wildman–Crippen LogP) is 2.48. The fourth-order valence-electron chi connectivity index (χ4n) is 3.86. The molecule has 1 atom stereocenters. The van der Waals surface area contributed by atoms with Gasteiger partial charge in [-0.15, -0.1) is 0 Å². The second kappa shape index (κ2) is 9.35. The molecule has 2 fully saturated rings. The second-order valence-electron chi connectivity index (χ2n) is 7.23. The molecular weight excluding hydrogens is 410 g/mol. The van der Waals surface area contributed by atoms with Crippen molar-refractivity contribution in [2.45, 2.75) is 44.6 Å². The van der Waals surface area contributed by atoms with Crippen LogP contribution in [0.4, 0.5) is 0 Å². The number of carbonyl (C=O) groups excluding carboxylic acids is 3. The Hall–Kier alpha value is -1.89. The summed E-state index contributed by atoms with van der Waals surface area (Å²) in [5.41, 5.74) is 0.585. The molecule has 1 saturated carbocycles. The van der Waals surface area contributed by atoms with Gasteiger partial charge in [0.25, 0.3) is 5.91 Å². The summed E-state index contributed by atoms with van der Waals surface area (Å²) in [4.78, 5) is 38.9. The van der Waals surface area contributed by atoms with Gasteiger partial charge in [-0.25, -0.2) is 0 Å². The van der Waals surface area contributed by atoms with Crippen LogP contribution in [0.3, 0.4) is 0 Å². The molecule has 1 unspecified atom stereocenters. The largest absolute Gasteiger partial charge is 0.354 e. The first-order valence-corrected chi connectivity index (χ1v) is 10.5. The molecule has 7 heteroatoms. The average molecular weight is 436 g/mol. The highest BCUT2D eigenvalue weighted by atomic mass is 79.9. The third kappa shape index (κ3) is 5.09. The molecule has 0 aromatic heterocycles. The number of nitrogens with zero attached hydrogens (tertiary/aromatic N) is 1. The van der Waals surface area contributed by atoms with E-state index in [4.69, 9.17) is 0 Å². The van der Waals surface area contributed by atoms with E-state index in [1.807, 2.05) is 12.1 Å². The Balaban J connectivity index is 1.46. The van der Waals surface area contributed by atoms with E-state index in [2.05, 4.69) is 26.6 Å². The van der Waals surface area contributed by atoms with Crippen LogP contribution in [0.1, 0.15) is 48.9 Å². The summed E-state index contributed by atoms with van der Waals surface area (Å²) in [6, 6.07) is 6.74. The molecule has 2 N–H and O–H groups in total. The fourth-order valence-corrected chi connectivity index (χ4v) is 4.13. The molecule has 3 amide bonds. The molecule has 0 spiro atoms. The number of likely N-dealkylation sites (tertiary alicyclic amines) is 1. The van der Waals surface area contributed by atoms with Crippen molar-refractivity contribution in [3.63, 3.8) is 0 Å². The summed E-state index contributed by atoms with van der Waals surface area (Å²) in [7, 11) is 0. The van der Waals surface area contributed by atoms with Gasteiger partial charge in [0.05, 0.1) is 0 Å². The maximum Gasteiger partial charge on any atom is 0.254 e.